The largest absolute Gasteiger partial charge is 0.356 e. The van der Waals surface area contributed by atoms with Gasteiger partial charge in [-0.15, -0.1) is 0 Å². The van der Waals surface area contributed by atoms with Gasteiger partial charge >= 0.3 is 0 Å². The number of aromatic nitrogens is 1. The molecule has 0 saturated carbocycles. The molecule has 1 aliphatic heterocycles. The van der Waals surface area contributed by atoms with Crippen LogP contribution in [0.3, 0.4) is 0 Å². The van der Waals surface area contributed by atoms with E-state index in [-0.39, 0.29) is 11.9 Å². The predicted molar refractivity (Wildman–Crippen MR) is 111 cm³/mol. The van der Waals surface area contributed by atoms with Crippen LogP contribution in [0.5, 0.6) is 0 Å². The van der Waals surface area contributed by atoms with E-state index in [1.807, 2.05) is 24.4 Å². The van der Waals surface area contributed by atoms with Gasteiger partial charge in [-0.1, -0.05) is 53.5 Å². The summed E-state index contributed by atoms with van der Waals surface area (Å²) in [5.74, 6) is 0.833. The summed E-state index contributed by atoms with van der Waals surface area (Å²) in [7, 11) is 0. The fraction of sp³-hybridized carbons (Fsp3) is 0.238. The lowest BCUT2D eigenvalue weighted by molar-refractivity contribution is 0.0931. The zero-order valence-electron chi connectivity index (χ0n) is 14.7. The number of nitrogens with one attached hydrogen (secondary N) is 1. The smallest absolute Gasteiger partial charge is 0.253 e. The van der Waals surface area contributed by atoms with E-state index in [4.69, 9.17) is 23.2 Å². The number of amides is 1. The molecule has 27 heavy (non-hydrogen) atoms. The summed E-state index contributed by atoms with van der Waals surface area (Å²) in [6.45, 7) is 1.68. The molecule has 0 radical (unpaired) electrons. The third kappa shape index (κ3) is 3.73. The monoisotopic (exact) mass is 399 g/mol. The second-order valence-electron chi connectivity index (χ2n) is 6.69. The number of hydrogen-bond donors (Lipinski definition) is 1. The van der Waals surface area contributed by atoms with Gasteiger partial charge in [0, 0.05) is 30.7 Å². The van der Waals surface area contributed by atoms with Crippen LogP contribution >= 0.6 is 23.2 Å². The van der Waals surface area contributed by atoms with Crippen molar-refractivity contribution in [1.82, 2.24) is 10.3 Å². The Morgan fingerprint density at radius 2 is 1.81 bits per heavy atom. The van der Waals surface area contributed by atoms with E-state index < -0.39 is 0 Å². The number of carbonyl (C=O) groups excluding carboxylic acids is 1. The zero-order valence-corrected chi connectivity index (χ0v) is 16.2. The Morgan fingerprint density at radius 3 is 2.63 bits per heavy atom. The van der Waals surface area contributed by atoms with Crippen molar-refractivity contribution in [3.63, 3.8) is 0 Å². The molecule has 1 saturated heterocycles. The molecule has 0 spiro atoms. The summed E-state index contributed by atoms with van der Waals surface area (Å²) >= 11 is 12.2. The predicted octanol–water partition coefficient (Wildman–Crippen LogP) is 4.94. The van der Waals surface area contributed by atoms with Crippen molar-refractivity contribution in [2.75, 3.05) is 18.0 Å². The lowest BCUT2D eigenvalue weighted by Crippen LogP contribution is -2.45. The van der Waals surface area contributed by atoms with Crippen LogP contribution < -0.4 is 10.2 Å². The minimum atomic E-state index is -0.177. The van der Waals surface area contributed by atoms with Crippen molar-refractivity contribution in [1.29, 1.82) is 0 Å². The van der Waals surface area contributed by atoms with Crippen molar-refractivity contribution in [3.8, 4) is 0 Å². The molecular weight excluding hydrogens is 381 g/mol. The highest BCUT2D eigenvalue weighted by Gasteiger charge is 2.24. The van der Waals surface area contributed by atoms with Gasteiger partial charge in [0.1, 0.15) is 5.82 Å². The average Bonchev–Trinajstić information content (AvgIpc) is 2.70. The third-order valence-electron chi connectivity index (χ3n) is 4.98. The number of pyridine rings is 1. The second kappa shape index (κ2) is 7.75. The molecule has 1 aliphatic rings. The summed E-state index contributed by atoms with van der Waals surface area (Å²) < 4.78 is 0. The maximum atomic E-state index is 12.5. The first-order valence-electron chi connectivity index (χ1n) is 8.97. The molecule has 1 aromatic heterocycles. The van der Waals surface area contributed by atoms with Gasteiger partial charge in [-0.2, -0.15) is 0 Å². The first-order chi connectivity index (χ1) is 13.1. The van der Waals surface area contributed by atoms with Crippen LogP contribution in [0.2, 0.25) is 10.0 Å². The summed E-state index contributed by atoms with van der Waals surface area (Å²) in [4.78, 5) is 19.4. The Hall–Kier alpha value is -2.30. The minimum Gasteiger partial charge on any atom is -0.356 e. The number of hydrogen-bond acceptors (Lipinski definition) is 3. The normalized spacial score (nSPS) is 15.1. The molecule has 3 aromatic rings. The van der Waals surface area contributed by atoms with E-state index in [2.05, 4.69) is 27.3 Å². The summed E-state index contributed by atoms with van der Waals surface area (Å²) in [6, 6.07) is 15.5. The highest BCUT2D eigenvalue weighted by Crippen LogP contribution is 2.28. The quantitative estimate of drug-likeness (QED) is 0.678. The average molecular weight is 400 g/mol. The molecule has 1 fully saturated rings. The molecule has 0 unspecified atom stereocenters. The molecule has 2 aromatic carbocycles. The Bertz CT molecular complexity index is 979. The van der Waals surface area contributed by atoms with Crippen molar-refractivity contribution < 1.29 is 4.79 Å². The Balaban J connectivity index is 1.43. The molecule has 6 heteroatoms. The van der Waals surface area contributed by atoms with Crippen LogP contribution in [0.15, 0.2) is 54.7 Å². The zero-order chi connectivity index (χ0) is 18.8. The van der Waals surface area contributed by atoms with Gasteiger partial charge in [-0.3, -0.25) is 4.79 Å². The molecule has 2 heterocycles. The number of piperidine rings is 1. The highest BCUT2D eigenvalue weighted by molar-refractivity contribution is 6.43. The molecule has 138 valence electrons. The van der Waals surface area contributed by atoms with E-state index in [1.165, 1.54) is 5.39 Å². The number of benzene rings is 2. The molecule has 1 amide bonds. The van der Waals surface area contributed by atoms with Crippen molar-refractivity contribution in [3.05, 3.63) is 70.3 Å². The van der Waals surface area contributed by atoms with Crippen LogP contribution in [-0.2, 0) is 0 Å². The van der Waals surface area contributed by atoms with Gasteiger partial charge in [0.15, 0.2) is 0 Å². The number of anilines is 1. The van der Waals surface area contributed by atoms with Gasteiger partial charge in [-0.25, -0.2) is 4.98 Å². The SMILES string of the molecule is O=C(NC1CCN(c2nccc3ccccc23)CC1)c1cccc(Cl)c1Cl. The highest BCUT2D eigenvalue weighted by atomic mass is 35.5. The second-order valence-corrected chi connectivity index (χ2v) is 7.48. The molecule has 0 aliphatic carbocycles. The maximum absolute atomic E-state index is 12.5. The summed E-state index contributed by atoms with van der Waals surface area (Å²) in [6.07, 6.45) is 3.57. The van der Waals surface area contributed by atoms with E-state index in [9.17, 15) is 4.79 Å². The lowest BCUT2D eigenvalue weighted by atomic mass is 10.0. The van der Waals surface area contributed by atoms with Gasteiger partial charge in [0.05, 0.1) is 15.6 Å². The Morgan fingerprint density at radius 1 is 1.04 bits per heavy atom. The van der Waals surface area contributed by atoms with E-state index >= 15 is 0 Å². The van der Waals surface area contributed by atoms with Gasteiger partial charge in [0.2, 0.25) is 0 Å². The Labute approximate surface area is 168 Å². The maximum Gasteiger partial charge on any atom is 0.253 e. The van der Waals surface area contributed by atoms with Crippen LogP contribution in [0, 0.1) is 0 Å². The summed E-state index contributed by atoms with van der Waals surface area (Å²) in [5, 5.41) is 6.12. The first kappa shape index (κ1) is 18.1. The fourth-order valence-corrected chi connectivity index (χ4v) is 3.92. The molecule has 4 nitrogen and oxygen atoms in total. The number of nitrogens with zero attached hydrogens (tertiary/aromatic N) is 2. The number of carbonyl (C=O) groups is 1. The van der Waals surface area contributed by atoms with Crippen molar-refractivity contribution in [2.45, 2.75) is 18.9 Å². The topological polar surface area (TPSA) is 45.2 Å². The molecule has 0 bridgehead atoms. The van der Waals surface area contributed by atoms with E-state index in [0.717, 1.165) is 37.1 Å². The van der Waals surface area contributed by atoms with Crippen molar-refractivity contribution in [2.24, 2.45) is 0 Å². The first-order valence-corrected chi connectivity index (χ1v) is 9.72. The number of fused-ring (bicyclic) bond motifs is 1. The van der Waals surface area contributed by atoms with Gasteiger partial charge < -0.3 is 10.2 Å². The van der Waals surface area contributed by atoms with Crippen LogP contribution in [0.1, 0.15) is 23.2 Å². The summed E-state index contributed by atoms with van der Waals surface area (Å²) in [5.41, 5.74) is 0.419. The lowest BCUT2D eigenvalue weighted by Gasteiger charge is -2.33. The molecular formula is C21H19Cl2N3O. The molecule has 0 atom stereocenters. The standard InChI is InChI=1S/C21H19Cl2N3O/c22-18-7-3-6-17(19(18)23)21(27)25-15-9-12-26(13-10-15)20-16-5-2-1-4-14(16)8-11-24-20/h1-8,11,15H,9-10,12-13H2,(H,25,27). The van der Waals surface area contributed by atoms with Crippen LogP contribution in [0.4, 0.5) is 5.82 Å². The van der Waals surface area contributed by atoms with Crippen LogP contribution in [-0.4, -0.2) is 30.0 Å². The van der Waals surface area contributed by atoms with Crippen LogP contribution in [0.25, 0.3) is 10.8 Å². The van der Waals surface area contributed by atoms with Crippen molar-refractivity contribution >= 4 is 45.7 Å². The number of halogens is 2. The molecule has 4 rings (SSSR count). The Kier molecular flexibility index (Phi) is 5.19. The van der Waals surface area contributed by atoms with Gasteiger partial charge in [-0.05, 0) is 36.4 Å². The third-order valence-corrected chi connectivity index (χ3v) is 5.80. The fourth-order valence-electron chi connectivity index (χ4n) is 3.53. The van der Waals surface area contributed by atoms with E-state index in [1.54, 1.807) is 18.2 Å². The van der Waals surface area contributed by atoms with E-state index in [0.29, 0.717) is 15.6 Å². The number of rotatable bonds is 3. The van der Waals surface area contributed by atoms with Gasteiger partial charge in [0.25, 0.3) is 5.91 Å². The molecule has 1 N–H and O–H groups in total. The minimum absolute atomic E-state index is 0.110.